The molecule has 0 spiro atoms. The van der Waals surface area contributed by atoms with E-state index in [1.54, 1.807) is 12.1 Å². The van der Waals surface area contributed by atoms with Gasteiger partial charge in [-0.05, 0) is 24.3 Å². The third kappa shape index (κ3) is 3.36. The van der Waals surface area contributed by atoms with Gasteiger partial charge in [0.1, 0.15) is 0 Å². The number of rotatable bonds is 3. The Morgan fingerprint density at radius 1 is 1.33 bits per heavy atom. The second-order valence-corrected chi connectivity index (χ2v) is 5.24. The number of hydrogen-bond donors (Lipinski definition) is 1. The van der Waals surface area contributed by atoms with Crippen molar-refractivity contribution in [1.82, 2.24) is 0 Å². The normalized spacial score (nSPS) is 12.8. The summed E-state index contributed by atoms with van der Waals surface area (Å²) in [5.41, 5.74) is 6.23. The van der Waals surface area contributed by atoms with Crippen molar-refractivity contribution in [1.29, 1.82) is 0 Å². The number of nitrogens with two attached hydrogens (primary N) is 1. The highest BCUT2D eigenvalue weighted by Gasteiger charge is 2.05. The van der Waals surface area contributed by atoms with E-state index in [1.807, 2.05) is 6.92 Å². The van der Waals surface area contributed by atoms with E-state index in [4.69, 9.17) is 5.73 Å². The van der Waals surface area contributed by atoms with E-state index >= 15 is 0 Å². The zero-order valence-electron chi connectivity index (χ0n) is 8.77. The van der Waals surface area contributed by atoms with Gasteiger partial charge in [0.05, 0.1) is 16.4 Å². The average Bonchev–Trinajstić information content (AvgIpc) is 2.17. The lowest BCUT2D eigenvalue weighted by atomic mass is 10.3. The number of amidine groups is 1. The van der Waals surface area contributed by atoms with E-state index in [1.165, 1.54) is 18.4 Å². The zero-order chi connectivity index (χ0) is 11.5. The molecule has 15 heavy (non-hydrogen) atoms. The van der Waals surface area contributed by atoms with E-state index < -0.39 is 9.84 Å². The minimum atomic E-state index is -3.13. The van der Waals surface area contributed by atoms with Gasteiger partial charge in [0.25, 0.3) is 0 Å². The molecule has 5 heteroatoms. The van der Waals surface area contributed by atoms with Crippen molar-refractivity contribution in [3.63, 3.8) is 0 Å². The molecule has 1 aromatic rings. The van der Waals surface area contributed by atoms with Crippen LogP contribution in [0.3, 0.4) is 0 Å². The molecule has 1 aromatic carbocycles. The molecular formula is C10H14N2O2S. The molecular weight excluding hydrogens is 212 g/mol. The molecule has 1 rings (SSSR count). The van der Waals surface area contributed by atoms with Crippen LogP contribution in [0, 0.1) is 0 Å². The first-order valence-electron chi connectivity index (χ1n) is 4.56. The average molecular weight is 226 g/mol. The van der Waals surface area contributed by atoms with Gasteiger partial charge >= 0.3 is 0 Å². The van der Waals surface area contributed by atoms with E-state index in [-0.39, 0.29) is 4.90 Å². The molecule has 0 atom stereocenters. The van der Waals surface area contributed by atoms with E-state index in [2.05, 4.69) is 4.99 Å². The van der Waals surface area contributed by atoms with E-state index in [9.17, 15) is 8.42 Å². The highest BCUT2D eigenvalue weighted by atomic mass is 32.2. The number of sulfone groups is 1. The summed E-state index contributed by atoms with van der Waals surface area (Å²) in [4.78, 5) is 4.39. The largest absolute Gasteiger partial charge is 0.387 e. The summed E-state index contributed by atoms with van der Waals surface area (Å²) in [6, 6.07) is 6.33. The molecule has 0 heterocycles. The van der Waals surface area contributed by atoms with Crippen molar-refractivity contribution in [2.75, 3.05) is 6.26 Å². The van der Waals surface area contributed by atoms with Crippen molar-refractivity contribution in [3.8, 4) is 0 Å². The third-order valence-corrected chi connectivity index (χ3v) is 3.03. The Bertz CT molecular complexity index is 461. The van der Waals surface area contributed by atoms with Gasteiger partial charge in [-0.25, -0.2) is 13.4 Å². The predicted molar refractivity (Wildman–Crippen MR) is 61.1 cm³/mol. The Kier molecular flexibility index (Phi) is 3.47. The van der Waals surface area contributed by atoms with Crippen LogP contribution in [-0.2, 0) is 9.84 Å². The van der Waals surface area contributed by atoms with Gasteiger partial charge in [0, 0.05) is 12.7 Å². The molecule has 4 nitrogen and oxygen atoms in total. The van der Waals surface area contributed by atoms with Crippen LogP contribution in [0.1, 0.15) is 13.3 Å². The molecule has 0 bridgehead atoms. The predicted octanol–water partition coefficient (Wildman–Crippen LogP) is 1.49. The van der Waals surface area contributed by atoms with Gasteiger partial charge in [-0.2, -0.15) is 0 Å². The van der Waals surface area contributed by atoms with Crippen LogP contribution in [0.15, 0.2) is 34.2 Å². The first-order valence-corrected chi connectivity index (χ1v) is 6.46. The minimum Gasteiger partial charge on any atom is -0.387 e. The lowest BCUT2D eigenvalue weighted by Gasteiger charge is -1.99. The molecule has 82 valence electrons. The third-order valence-electron chi connectivity index (χ3n) is 1.90. The summed E-state index contributed by atoms with van der Waals surface area (Å²) in [5, 5.41) is 0. The second-order valence-electron chi connectivity index (χ2n) is 3.22. The van der Waals surface area contributed by atoms with Gasteiger partial charge < -0.3 is 5.73 Å². The maximum Gasteiger partial charge on any atom is 0.175 e. The van der Waals surface area contributed by atoms with Crippen molar-refractivity contribution in [2.24, 2.45) is 10.7 Å². The fourth-order valence-corrected chi connectivity index (χ4v) is 1.64. The van der Waals surface area contributed by atoms with E-state index in [0.29, 0.717) is 17.9 Å². The van der Waals surface area contributed by atoms with Gasteiger partial charge in [-0.15, -0.1) is 0 Å². The van der Waals surface area contributed by atoms with Crippen LogP contribution in [-0.4, -0.2) is 20.5 Å². The molecule has 0 saturated heterocycles. The van der Waals surface area contributed by atoms with Crippen molar-refractivity contribution >= 4 is 21.4 Å². The van der Waals surface area contributed by atoms with E-state index in [0.717, 1.165) is 0 Å². The van der Waals surface area contributed by atoms with Gasteiger partial charge in [-0.1, -0.05) is 6.92 Å². The number of nitrogens with zero attached hydrogens (tertiary/aromatic N) is 1. The molecule has 0 aliphatic carbocycles. The fourth-order valence-electron chi connectivity index (χ4n) is 1.01. The molecule has 2 N–H and O–H groups in total. The first-order chi connectivity index (χ1) is 6.93. The fraction of sp³-hybridized carbons (Fsp3) is 0.300. The maximum absolute atomic E-state index is 11.2. The molecule has 0 unspecified atom stereocenters. The van der Waals surface area contributed by atoms with Gasteiger partial charge in [0.2, 0.25) is 0 Å². The highest BCUT2D eigenvalue weighted by Crippen LogP contribution is 2.16. The molecule has 0 aliphatic rings. The summed E-state index contributed by atoms with van der Waals surface area (Å²) in [5.74, 6) is 0.530. The molecule has 0 amide bonds. The summed E-state index contributed by atoms with van der Waals surface area (Å²) < 4.78 is 22.3. The van der Waals surface area contributed by atoms with Crippen LogP contribution >= 0.6 is 0 Å². The summed E-state index contributed by atoms with van der Waals surface area (Å²) in [6.07, 6.45) is 1.85. The molecule has 0 aliphatic heterocycles. The topological polar surface area (TPSA) is 72.5 Å². The Hall–Kier alpha value is -1.36. The monoisotopic (exact) mass is 226 g/mol. The lowest BCUT2D eigenvalue weighted by Crippen LogP contribution is -2.08. The molecule has 0 saturated carbocycles. The lowest BCUT2D eigenvalue weighted by molar-refractivity contribution is 0.602. The van der Waals surface area contributed by atoms with Crippen LogP contribution in [0.25, 0.3) is 0 Å². The Morgan fingerprint density at radius 3 is 2.27 bits per heavy atom. The van der Waals surface area contributed by atoms with Gasteiger partial charge in [0.15, 0.2) is 9.84 Å². The quantitative estimate of drug-likeness (QED) is 0.627. The zero-order valence-corrected chi connectivity index (χ0v) is 9.58. The van der Waals surface area contributed by atoms with Crippen LogP contribution in [0.5, 0.6) is 0 Å². The minimum absolute atomic E-state index is 0.288. The molecule has 0 fully saturated rings. The van der Waals surface area contributed by atoms with Crippen molar-refractivity contribution < 1.29 is 8.42 Å². The summed E-state index contributed by atoms with van der Waals surface area (Å²) in [7, 11) is -3.13. The smallest absolute Gasteiger partial charge is 0.175 e. The SMILES string of the molecule is CCC(N)=Nc1ccc(S(C)(=O)=O)cc1. The summed E-state index contributed by atoms with van der Waals surface area (Å²) in [6.45, 7) is 1.91. The van der Waals surface area contributed by atoms with Crippen molar-refractivity contribution in [2.45, 2.75) is 18.2 Å². The first kappa shape index (κ1) is 11.7. The number of hydrogen-bond acceptors (Lipinski definition) is 3. The number of aliphatic imine (C=N–C) groups is 1. The molecule has 0 radical (unpaired) electrons. The molecule has 0 aromatic heterocycles. The summed E-state index contributed by atoms with van der Waals surface area (Å²) >= 11 is 0. The Balaban J connectivity index is 3.01. The van der Waals surface area contributed by atoms with Crippen molar-refractivity contribution in [3.05, 3.63) is 24.3 Å². The van der Waals surface area contributed by atoms with Crippen LogP contribution < -0.4 is 5.73 Å². The van der Waals surface area contributed by atoms with Gasteiger partial charge in [-0.3, -0.25) is 0 Å². The standard InChI is InChI=1S/C10H14N2O2S/c1-3-10(11)12-8-4-6-9(7-5-8)15(2,13)14/h4-7H,3H2,1-2H3,(H2,11,12). The Morgan fingerprint density at radius 2 is 1.87 bits per heavy atom. The maximum atomic E-state index is 11.2. The Labute approximate surface area is 89.8 Å². The van der Waals surface area contributed by atoms with Crippen LogP contribution in [0.2, 0.25) is 0 Å². The van der Waals surface area contributed by atoms with Crippen LogP contribution in [0.4, 0.5) is 5.69 Å². The highest BCUT2D eigenvalue weighted by molar-refractivity contribution is 7.90. The second kappa shape index (κ2) is 4.44. The number of benzene rings is 1.